The average molecular weight is 310 g/mol. The first kappa shape index (κ1) is 13.1. The topological polar surface area (TPSA) is 53.1 Å². The zero-order valence-electron chi connectivity index (χ0n) is 10.7. The number of hydrogen-bond acceptors (Lipinski definition) is 3. The molecular weight excluding hydrogens is 294 g/mol. The lowest BCUT2D eigenvalue weighted by Crippen LogP contribution is -2.05. The molecule has 0 bridgehead atoms. The molecule has 0 aliphatic carbocycles. The largest absolute Gasteiger partial charge is 0.496 e. The number of benzene rings is 1. The zero-order chi connectivity index (χ0) is 13.3. The Kier molecular flexibility index (Phi) is 3.73. The molecule has 0 unspecified atom stereocenters. The molecule has 0 saturated heterocycles. The van der Waals surface area contributed by atoms with Crippen LogP contribution in [0, 0.1) is 6.92 Å². The lowest BCUT2D eigenvalue weighted by atomic mass is 10.1. The van der Waals surface area contributed by atoms with Crippen molar-refractivity contribution in [1.29, 1.82) is 0 Å². The minimum absolute atomic E-state index is 0.469. The summed E-state index contributed by atoms with van der Waals surface area (Å²) in [6, 6.07) is 5.91. The van der Waals surface area contributed by atoms with E-state index in [0.29, 0.717) is 6.54 Å². The average Bonchev–Trinajstić information content (AvgIpc) is 2.65. The highest BCUT2D eigenvalue weighted by Crippen LogP contribution is 2.31. The Labute approximate surface area is 115 Å². The summed E-state index contributed by atoms with van der Waals surface area (Å²) in [7, 11) is 3.63. The van der Waals surface area contributed by atoms with Gasteiger partial charge < -0.3 is 15.0 Å². The molecule has 4 nitrogen and oxygen atoms in total. The number of nitrogens with two attached hydrogens (primary N) is 1. The van der Waals surface area contributed by atoms with E-state index in [1.54, 1.807) is 7.11 Å². The van der Waals surface area contributed by atoms with Gasteiger partial charge in [-0.1, -0.05) is 0 Å². The molecule has 96 valence electrons. The number of halogens is 1. The van der Waals surface area contributed by atoms with Gasteiger partial charge >= 0.3 is 0 Å². The van der Waals surface area contributed by atoms with Gasteiger partial charge in [-0.25, -0.2) is 4.98 Å². The van der Waals surface area contributed by atoms with E-state index in [-0.39, 0.29) is 0 Å². The standard InChI is InChI=1S/C13H16BrN3O/c1-8-16-13(11(7-15)17(8)2)9-4-5-12(18-3)10(14)6-9/h4-6H,7,15H2,1-3H3. The van der Waals surface area contributed by atoms with Crippen LogP contribution in [0.3, 0.4) is 0 Å². The Morgan fingerprint density at radius 2 is 2.17 bits per heavy atom. The van der Waals surface area contributed by atoms with Gasteiger partial charge in [-0.15, -0.1) is 0 Å². The maximum atomic E-state index is 5.80. The molecule has 5 heteroatoms. The normalized spacial score (nSPS) is 10.7. The summed E-state index contributed by atoms with van der Waals surface area (Å²) in [6.45, 7) is 2.44. The first-order valence-corrected chi connectivity index (χ1v) is 6.44. The molecule has 2 rings (SSSR count). The molecule has 2 aromatic rings. The third-order valence-electron chi connectivity index (χ3n) is 3.06. The lowest BCUT2D eigenvalue weighted by Gasteiger charge is -2.07. The van der Waals surface area contributed by atoms with Crippen LogP contribution in [-0.4, -0.2) is 16.7 Å². The predicted octanol–water partition coefficient (Wildman–Crippen LogP) is 2.63. The Morgan fingerprint density at radius 3 is 2.72 bits per heavy atom. The van der Waals surface area contributed by atoms with E-state index < -0.39 is 0 Å². The van der Waals surface area contributed by atoms with Gasteiger partial charge in [-0.05, 0) is 41.1 Å². The van der Waals surface area contributed by atoms with Crippen LogP contribution in [0.2, 0.25) is 0 Å². The molecule has 0 atom stereocenters. The quantitative estimate of drug-likeness (QED) is 0.948. The van der Waals surface area contributed by atoms with Crippen LogP contribution >= 0.6 is 15.9 Å². The van der Waals surface area contributed by atoms with Crippen molar-refractivity contribution < 1.29 is 4.74 Å². The first-order chi connectivity index (χ1) is 8.58. The lowest BCUT2D eigenvalue weighted by molar-refractivity contribution is 0.412. The second-order valence-corrected chi connectivity index (χ2v) is 4.92. The smallest absolute Gasteiger partial charge is 0.133 e. The van der Waals surface area contributed by atoms with Gasteiger partial charge in [-0.3, -0.25) is 0 Å². The third-order valence-corrected chi connectivity index (χ3v) is 3.68. The molecule has 1 heterocycles. The van der Waals surface area contributed by atoms with Gasteiger partial charge in [-0.2, -0.15) is 0 Å². The maximum Gasteiger partial charge on any atom is 0.133 e. The van der Waals surface area contributed by atoms with E-state index in [1.165, 1.54) is 0 Å². The van der Waals surface area contributed by atoms with Crippen LogP contribution in [0.15, 0.2) is 22.7 Å². The number of rotatable bonds is 3. The van der Waals surface area contributed by atoms with Gasteiger partial charge in [0.1, 0.15) is 11.6 Å². The van der Waals surface area contributed by atoms with E-state index in [9.17, 15) is 0 Å². The molecule has 0 aliphatic heterocycles. The fourth-order valence-electron chi connectivity index (χ4n) is 1.93. The maximum absolute atomic E-state index is 5.80. The zero-order valence-corrected chi connectivity index (χ0v) is 12.3. The van der Waals surface area contributed by atoms with Gasteiger partial charge in [0, 0.05) is 19.2 Å². The number of hydrogen-bond donors (Lipinski definition) is 1. The van der Waals surface area contributed by atoms with Crippen molar-refractivity contribution >= 4 is 15.9 Å². The summed E-state index contributed by atoms with van der Waals surface area (Å²) >= 11 is 3.49. The van der Waals surface area contributed by atoms with Crippen LogP contribution in [0.4, 0.5) is 0 Å². The highest BCUT2D eigenvalue weighted by atomic mass is 79.9. The summed E-state index contributed by atoms with van der Waals surface area (Å²) in [5.74, 6) is 1.76. The van der Waals surface area contributed by atoms with Crippen LogP contribution in [0.1, 0.15) is 11.5 Å². The summed E-state index contributed by atoms with van der Waals surface area (Å²) < 4.78 is 8.16. The van der Waals surface area contributed by atoms with Crippen LogP contribution in [0.25, 0.3) is 11.3 Å². The predicted molar refractivity (Wildman–Crippen MR) is 75.5 cm³/mol. The molecule has 18 heavy (non-hydrogen) atoms. The highest BCUT2D eigenvalue weighted by molar-refractivity contribution is 9.10. The molecule has 0 amide bonds. The minimum Gasteiger partial charge on any atom is -0.496 e. The molecule has 1 aromatic heterocycles. The Balaban J connectivity index is 2.55. The molecule has 1 aromatic carbocycles. The fourth-order valence-corrected chi connectivity index (χ4v) is 2.47. The van der Waals surface area contributed by atoms with Crippen LogP contribution in [-0.2, 0) is 13.6 Å². The minimum atomic E-state index is 0.469. The van der Waals surface area contributed by atoms with Crippen molar-refractivity contribution in [3.63, 3.8) is 0 Å². The molecule has 0 spiro atoms. The van der Waals surface area contributed by atoms with Gasteiger partial charge in [0.05, 0.1) is 23.0 Å². The monoisotopic (exact) mass is 309 g/mol. The van der Waals surface area contributed by atoms with Crippen molar-refractivity contribution in [1.82, 2.24) is 9.55 Å². The second-order valence-electron chi connectivity index (χ2n) is 4.07. The van der Waals surface area contributed by atoms with E-state index in [0.717, 1.165) is 33.0 Å². The number of aryl methyl sites for hydroxylation is 1. The van der Waals surface area contributed by atoms with E-state index in [4.69, 9.17) is 10.5 Å². The number of ether oxygens (including phenoxy) is 1. The van der Waals surface area contributed by atoms with E-state index in [2.05, 4.69) is 20.9 Å². The number of imidazole rings is 1. The Morgan fingerprint density at radius 1 is 1.44 bits per heavy atom. The van der Waals surface area contributed by atoms with Crippen LogP contribution < -0.4 is 10.5 Å². The van der Waals surface area contributed by atoms with Crippen molar-refractivity contribution in [2.45, 2.75) is 13.5 Å². The first-order valence-electron chi connectivity index (χ1n) is 5.64. The van der Waals surface area contributed by atoms with Gasteiger partial charge in [0.25, 0.3) is 0 Å². The van der Waals surface area contributed by atoms with Crippen molar-refractivity contribution in [2.75, 3.05) is 7.11 Å². The summed E-state index contributed by atoms with van der Waals surface area (Å²) in [6.07, 6.45) is 0. The SMILES string of the molecule is COc1ccc(-c2nc(C)n(C)c2CN)cc1Br. The van der Waals surface area contributed by atoms with E-state index >= 15 is 0 Å². The molecule has 2 N–H and O–H groups in total. The van der Waals surface area contributed by atoms with Gasteiger partial charge in [0.15, 0.2) is 0 Å². The number of nitrogens with zero attached hydrogens (tertiary/aromatic N) is 2. The third kappa shape index (κ3) is 2.15. The molecule has 0 saturated carbocycles. The summed E-state index contributed by atoms with van der Waals surface area (Å²) in [5, 5.41) is 0. The fraction of sp³-hybridized carbons (Fsp3) is 0.308. The molecule has 0 aliphatic rings. The van der Waals surface area contributed by atoms with Gasteiger partial charge in [0.2, 0.25) is 0 Å². The van der Waals surface area contributed by atoms with Crippen molar-refractivity contribution in [3.05, 3.63) is 34.2 Å². The van der Waals surface area contributed by atoms with Crippen molar-refractivity contribution in [2.24, 2.45) is 12.8 Å². The number of aromatic nitrogens is 2. The van der Waals surface area contributed by atoms with Crippen LogP contribution in [0.5, 0.6) is 5.75 Å². The summed E-state index contributed by atoms with van der Waals surface area (Å²) in [5.41, 5.74) is 8.80. The second kappa shape index (κ2) is 5.12. The van der Waals surface area contributed by atoms with E-state index in [1.807, 2.05) is 36.7 Å². The summed E-state index contributed by atoms with van der Waals surface area (Å²) in [4.78, 5) is 4.57. The Bertz CT molecular complexity index is 578. The number of methoxy groups -OCH3 is 1. The van der Waals surface area contributed by atoms with Crippen molar-refractivity contribution in [3.8, 4) is 17.0 Å². The highest BCUT2D eigenvalue weighted by Gasteiger charge is 2.13. The Hall–Kier alpha value is -1.33. The molecular formula is C13H16BrN3O. The molecule has 0 radical (unpaired) electrons. The molecule has 0 fully saturated rings.